The van der Waals surface area contributed by atoms with E-state index in [1.54, 1.807) is 6.07 Å². The number of rotatable bonds is 5. The van der Waals surface area contributed by atoms with Gasteiger partial charge in [-0.15, -0.1) is 0 Å². The van der Waals surface area contributed by atoms with E-state index in [1.165, 1.54) is 12.1 Å². The third-order valence-corrected chi connectivity index (χ3v) is 5.40. The summed E-state index contributed by atoms with van der Waals surface area (Å²) in [6, 6.07) is 4.57. The minimum Gasteiger partial charge on any atom is -0.326 e. The Morgan fingerprint density at radius 1 is 1.35 bits per heavy atom. The summed E-state index contributed by atoms with van der Waals surface area (Å²) >= 11 is 5.94. The van der Waals surface area contributed by atoms with Crippen LogP contribution in [-0.4, -0.2) is 15.0 Å². The van der Waals surface area contributed by atoms with Crippen molar-refractivity contribution in [1.82, 2.24) is 4.72 Å². The maximum absolute atomic E-state index is 12.2. The van der Waals surface area contributed by atoms with E-state index in [-0.39, 0.29) is 22.8 Å². The zero-order valence-corrected chi connectivity index (χ0v) is 14.0. The molecule has 0 aliphatic carbocycles. The maximum Gasteiger partial charge on any atom is 0.240 e. The highest BCUT2D eigenvalue weighted by molar-refractivity contribution is 7.89. The molecule has 3 N–H and O–H groups in total. The summed E-state index contributed by atoms with van der Waals surface area (Å²) in [7, 11) is -3.53. The van der Waals surface area contributed by atoms with E-state index in [1.807, 2.05) is 6.92 Å². The zero-order chi connectivity index (χ0) is 15.6. The number of benzene rings is 1. The van der Waals surface area contributed by atoms with Crippen molar-refractivity contribution in [1.29, 1.82) is 0 Å². The van der Waals surface area contributed by atoms with Gasteiger partial charge in [0.1, 0.15) is 0 Å². The number of hydrogen-bond acceptors (Lipinski definition) is 3. The molecule has 0 amide bonds. The first-order chi connectivity index (χ1) is 9.08. The smallest absolute Gasteiger partial charge is 0.240 e. The number of nitrogens with one attached hydrogen (secondary N) is 1. The summed E-state index contributed by atoms with van der Waals surface area (Å²) in [5.41, 5.74) is 6.21. The number of halogens is 1. The lowest BCUT2D eigenvalue weighted by Gasteiger charge is -2.27. The fourth-order valence-electron chi connectivity index (χ4n) is 1.50. The van der Waals surface area contributed by atoms with E-state index in [4.69, 9.17) is 17.3 Å². The van der Waals surface area contributed by atoms with E-state index in [9.17, 15) is 8.42 Å². The molecule has 0 heterocycles. The third-order valence-electron chi connectivity index (χ3n) is 3.61. The molecule has 0 saturated heterocycles. The molecule has 0 aliphatic heterocycles. The van der Waals surface area contributed by atoms with Gasteiger partial charge in [-0.3, -0.25) is 0 Å². The molecule has 4 nitrogen and oxygen atoms in total. The fourth-order valence-corrected chi connectivity index (χ4v) is 2.87. The van der Waals surface area contributed by atoms with Crippen LogP contribution in [0, 0.1) is 11.3 Å². The SMILES string of the molecule is CC(CNS(=O)(=O)c1ccc(Cl)c(CN)c1)C(C)(C)C. The van der Waals surface area contributed by atoms with Gasteiger partial charge in [-0.2, -0.15) is 0 Å². The molecule has 1 aromatic rings. The van der Waals surface area contributed by atoms with Gasteiger partial charge < -0.3 is 5.73 Å². The quantitative estimate of drug-likeness (QED) is 0.876. The molecule has 0 aliphatic rings. The van der Waals surface area contributed by atoms with Crippen molar-refractivity contribution in [2.24, 2.45) is 17.1 Å². The van der Waals surface area contributed by atoms with Crippen molar-refractivity contribution in [2.75, 3.05) is 6.54 Å². The lowest BCUT2D eigenvalue weighted by molar-refractivity contribution is 0.263. The molecule has 20 heavy (non-hydrogen) atoms. The second kappa shape index (κ2) is 6.43. The van der Waals surface area contributed by atoms with Gasteiger partial charge >= 0.3 is 0 Å². The van der Waals surface area contributed by atoms with Crippen LogP contribution < -0.4 is 10.5 Å². The Balaban J connectivity index is 2.90. The zero-order valence-electron chi connectivity index (χ0n) is 12.4. The molecule has 0 spiro atoms. The molecule has 114 valence electrons. The van der Waals surface area contributed by atoms with Gasteiger partial charge in [0, 0.05) is 18.1 Å². The second-order valence-corrected chi connectivity index (χ2v) is 8.25. The van der Waals surface area contributed by atoms with Crippen LogP contribution in [0.5, 0.6) is 0 Å². The van der Waals surface area contributed by atoms with Gasteiger partial charge in [0.05, 0.1) is 4.90 Å². The molecule has 0 aromatic heterocycles. The Morgan fingerprint density at radius 3 is 2.45 bits per heavy atom. The lowest BCUT2D eigenvalue weighted by atomic mass is 9.82. The van der Waals surface area contributed by atoms with E-state index in [2.05, 4.69) is 25.5 Å². The predicted molar refractivity (Wildman–Crippen MR) is 83.2 cm³/mol. The molecule has 0 saturated carbocycles. The highest BCUT2D eigenvalue weighted by Crippen LogP contribution is 2.25. The van der Waals surface area contributed by atoms with Crippen LogP contribution >= 0.6 is 11.6 Å². The third kappa shape index (κ3) is 4.45. The molecule has 0 bridgehead atoms. The predicted octanol–water partition coefficient (Wildman–Crippen LogP) is 2.76. The topological polar surface area (TPSA) is 72.2 Å². The molecule has 1 aromatic carbocycles. The standard InChI is InChI=1S/C14H23ClN2O2S/c1-10(14(2,3)4)9-17-20(18,19)12-5-6-13(15)11(7-12)8-16/h5-7,10,17H,8-9,16H2,1-4H3. The summed E-state index contributed by atoms with van der Waals surface area (Å²) in [6.45, 7) is 8.88. The highest BCUT2D eigenvalue weighted by atomic mass is 35.5. The van der Waals surface area contributed by atoms with Crippen LogP contribution in [-0.2, 0) is 16.6 Å². The maximum atomic E-state index is 12.2. The summed E-state index contributed by atoms with van der Waals surface area (Å²) in [6.07, 6.45) is 0. The van der Waals surface area contributed by atoms with Crippen molar-refractivity contribution in [3.05, 3.63) is 28.8 Å². The van der Waals surface area contributed by atoms with Crippen LogP contribution in [0.4, 0.5) is 0 Å². The average Bonchev–Trinajstić information content (AvgIpc) is 2.35. The van der Waals surface area contributed by atoms with Gasteiger partial charge in [0.25, 0.3) is 0 Å². The molecule has 0 radical (unpaired) electrons. The monoisotopic (exact) mass is 318 g/mol. The molecule has 0 fully saturated rings. The van der Waals surface area contributed by atoms with Gasteiger partial charge in [0.2, 0.25) is 10.0 Å². The first-order valence-electron chi connectivity index (χ1n) is 6.56. The molecule has 6 heteroatoms. The van der Waals surface area contributed by atoms with Crippen LogP contribution in [0.1, 0.15) is 33.3 Å². The van der Waals surface area contributed by atoms with Crippen LogP contribution in [0.2, 0.25) is 5.02 Å². The minimum atomic E-state index is -3.53. The van der Waals surface area contributed by atoms with Gasteiger partial charge in [0.15, 0.2) is 0 Å². The minimum absolute atomic E-state index is 0.0466. The van der Waals surface area contributed by atoms with E-state index >= 15 is 0 Å². The first-order valence-corrected chi connectivity index (χ1v) is 8.42. The Hall–Kier alpha value is -0.620. The van der Waals surface area contributed by atoms with Crippen molar-refractivity contribution in [3.63, 3.8) is 0 Å². The first kappa shape index (κ1) is 17.4. The molecular formula is C14H23ClN2O2S. The van der Waals surface area contributed by atoms with Gasteiger partial charge in [-0.1, -0.05) is 39.3 Å². The fraction of sp³-hybridized carbons (Fsp3) is 0.571. The lowest BCUT2D eigenvalue weighted by Crippen LogP contribution is -2.33. The molecular weight excluding hydrogens is 296 g/mol. The number of sulfonamides is 1. The molecule has 1 unspecified atom stereocenters. The highest BCUT2D eigenvalue weighted by Gasteiger charge is 2.23. The Morgan fingerprint density at radius 2 is 1.95 bits per heavy atom. The summed E-state index contributed by atoms with van der Waals surface area (Å²) in [4.78, 5) is 0.198. The van der Waals surface area contributed by atoms with E-state index in [0.717, 1.165) is 0 Å². The van der Waals surface area contributed by atoms with Crippen molar-refractivity contribution >= 4 is 21.6 Å². The molecule has 1 rings (SSSR count). The Labute approximate surface area is 126 Å². The van der Waals surface area contributed by atoms with Crippen molar-refractivity contribution in [3.8, 4) is 0 Å². The summed E-state index contributed by atoms with van der Waals surface area (Å²) in [5.74, 6) is 0.221. The van der Waals surface area contributed by atoms with Crippen LogP contribution in [0.25, 0.3) is 0 Å². The molecule has 1 atom stereocenters. The number of hydrogen-bond donors (Lipinski definition) is 2. The van der Waals surface area contributed by atoms with Crippen molar-refractivity contribution in [2.45, 2.75) is 39.1 Å². The van der Waals surface area contributed by atoms with Gasteiger partial charge in [-0.25, -0.2) is 13.1 Å². The van der Waals surface area contributed by atoms with Gasteiger partial charge in [-0.05, 0) is 35.1 Å². The number of nitrogens with two attached hydrogens (primary N) is 1. The Kier molecular flexibility index (Phi) is 5.61. The Bertz CT molecular complexity index is 565. The summed E-state index contributed by atoms with van der Waals surface area (Å²) < 4.78 is 27.1. The van der Waals surface area contributed by atoms with E-state index < -0.39 is 10.0 Å². The largest absolute Gasteiger partial charge is 0.326 e. The van der Waals surface area contributed by atoms with Crippen molar-refractivity contribution < 1.29 is 8.42 Å². The normalized spacial score (nSPS) is 14.3. The summed E-state index contributed by atoms with van der Waals surface area (Å²) in [5, 5.41) is 0.481. The second-order valence-electron chi connectivity index (χ2n) is 6.08. The van der Waals surface area contributed by atoms with Crippen LogP contribution in [0.15, 0.2) is 23.1 Å². The van der Waals surface area contributed by atoms with E-state index in [0.29, 0.717) is 17.1 Å². The van der Waals surface area contributed by atoms with Crippen LogP contribution in [0.3, 0.4) is 0 Å². The average molecular weight is 319 g/mol.